The van der Waals surface area contributed by atoms with Crippen molar-refractivity contribution < 1.29 is 13.5 Å². The third kappa shape index (κ3) is 2.41. The predicted molar refractivity (Wildman–Crippen MR) is 43.3 cm³/mol. The van der Waals surface area contributed by atoms with Crippen LogP contribution in [0.4, 0.5) is 8.78 Å². The van der Waals surface area contributed by atoms with Gasteiger partial charge in [-0.1, -0.05) is 15.9 Å². The van der Waals surface area contributed by atoms with Crippen LogP contribution in [0.25, 0.3) is 0 Å². The number of hydrogen-bond donors (Lipinski definition) is 0. The van der Waals surface area contributed by atoms with E-state index in [0.29, 0.717) is 4.47 Å². The van der Waals surface area contributed by atoms with Crippen LogP contribution in [0.3, 0.4) is 0 Å². The van der Waals surface area contributed by atoms with E-state index in [9.17, 15) is 8.78 Å². The average Bonchev–Trinajstić information content (AvgIpc) is 1.96. The molecule has 5 heteroatoms. The highest BCUT2D eigenvalue weighted by Gasteiger charge is 2.06. The molecule has 0 aliphatic rings. The molecule has 0 aliphatic carbocycles. The number of aromatic nitrogens is 1. The number of aryl methyl sites for hydroxylation is 1. The molecule has 0 N–H and O–H groups in total. The third-order valence-corrected chi connectivity index (χ3v) is 2.08. The molecule has 1 aromatic heterocycles. The molecule has 0 fully saturated rings. The van der Waals surface area contributed by atoms with Gasteiger partial charge in [0.2, 0.25) is 5.88 Å². The second-order valence-corrected chi connectivity index (χ2v) is 3.00. The standard InChI is InChI=1S/C7H6BrF2NO/c1-4-3-11-6(2-5(4)8)12-7(9)10/h2-3,7H,1H3. The lowest BCUT2D eigenvalue weighted by atomic mass is 10.3. The Bertz CT molecular complexity index is 280. The van der Waals surface area contributed by atoms with Crippen molar-refractivity contribution in [3.63, 3.8) is 0 Å². The first kappa shape index (κ1) is 9.38. The Balaban J connectivity index is 2.82. The Hall–Kier alpha value is -0.710. The van der Waals surface area contributed by atoms with Gasteiger partial charge in [-0.05, 0) is 12.5 Å². The molecule has 0 aliphatic heterocycles. The number of nitrogens with zero attached hydrogens (tertiary/aromatic N) is 1. The Kier molecular flexibility index (Phi) is 2.97. The van der Waals surface area contributed by atoms with E-state index in [1.165, 1.54) is 12.3 Å². The van der Waals surface area contributed by atoms with Crippen LogP contribution in [-0.4, -0.2) is 11.6 Å². The topological polar surface area (TPSA) is 22.1 Å². The van der Waals surface area contributed by atoms with Gasteiger partial charge < -0.3 is 4.74 Å². The van der Waals surface area contributed by atoms with Crippen LogP contribution in [0, 0.1) is 6.92 Å². The SMILES string of the molecule is Cc1cnc(OC(F)F)cc1Br. The zero-order valence-corrected chi connectivity index (χ0v) is 7.81. The van der Waals surface area contributed by atoms with Crippen LogP contribution in [0.15, 0.2) is 16.7 Å². The number of rotatable bonds is 2. The van der Waals surface area contributed by atoms with Crippen molar-refractivity contribution in [1.29, 1.82) is 0 Å². The average molecular weight is 238 g/mol. The summed E-state index contributed by atoms with van der Waals surface area (Å²) in [5.41, 5.74) is 0.872. The molecule has 66 valence electrons. The summed E-state index contributed by atoms with van der Waals surface area (Å²) >= 11 is 3.17. The van der Waals surface area contributed by atoms with Crippen molar-refractivity contribution >= 4 is 15.9 Å². The highest BCUT2D eigenvalue weighted by Crippen LogP contribution is 2.20. The first-order valence-corrected chi connectivity index (χ1v) is 3.96. The zero-order valence-electron chi connectivity index (χ0n) is 6.22. The number of ether oxygens (including phenoxy) is 1. The Morgan fingerprint density at radius 1 is 1.58 bits per heavy atom. The molecule has 0 amide bonds. The molecule has 0 saturated carbocycles. The van der Waals surface area contributed by atoms with E-state index in [4.69, 9.17) is 0 Å². The molecular weight excluding hydrogens is 232 g/mol. The number of halogens is 3. The van der Waals surface area contributed by atoms with Crippen LogP contribution in [0.5, 0.6) is 5.88 Å². The summed E-state index contributed by atoms with van der Waals surface area (Å²) < 4.78 is 28.1. The van der Waals surface area contributed by atoms with Crippen LogP contribution in [0.2, 0.25) is 0 Å². The monoisotopic (exact) mass is 237 g/mol. The summed E-state index contributed by atoms with van der Waals surface area (Å²) in [7, 11) is 0. The van der Waals surface area contributed by atoms with Crippen molar-refractivity contribution in [3.05, 3.63) is 22.3 Å². The summed E-state index contributed by atoms with van der Waals surface area (Å²) in [5, 5.41) is 0. The maximum Gasteiger partial charge on any atom is 0.388 e. The largest absolute Gasteiger partial charge is 0.417 e. The summed E-state index contributed by atoms with van der Waals surface area (Å²) in [6, 6.07) is 1.40. The Morgan fingerprint density at radius 2 is 2.25 bits per heavy atom. The lowest BCUT2D eigenvalue weighted by molar-refractivity contribution is -0.0529. The van der Waals surface area contributed by atoms with Gasteiger partial charge in [0.15, 0.2) is 0 Å². The highest BCUT2D eigenvalue weighted by molar-refractivity contribution is 9.10. The smallest absolute Gasteiger partial charge is 0.388 e. The second-order valence-electron chi connectivity index (χ2n) is 2.15. The van der Waals surface area contributed by atoms with Crippen molar-refractivity contribution in [2.24, 2.45) is 0 Å². The zero-order chi connectivity index (χ0) is 9.14. The minimum Gasteiger partial charge on any atom is -0.417 e. The van der Waals surface area contributed by atoms with Crippen LogP contribution in [0.1, 0.15) is 5.56 Å². The van der Waals surface area contributed by atoms with E-state index < -0.39 is 6.61 Å². The highest BCUT2D eigenvalue weighted by atomic mass is 79.9. The van der Waals surface area contributed by atoms with E-state index in [1.54, 1.807) is 0 Å². The van der Waals surface area contributed by atoms with Crippen molar-refractivity contribution in [2.45, 2.75) is 13.5 Å². The van der Waals surface area contributed by atoms with Crippen LogP contribution >= 0.6 is 15.9 Å². The van der Waals surface area contributed by atoms with Gasteiger partial charge in [0, 0.05) is 16.7 Å². The minimum atomic E-state index is -2.83. The van der Waals surface area contributed by atoms with Gasteiger partial charge in [0.05, 0.1) is 0 Å². The summed E-state index contributed by atoms with van der Waals surface area (Å²) in [6.45, 7) is -1.02. The van der Waals surface area contributed by atoms with Gasteiger partial charge in [0.25, 0.3) is 0 Å². The summed E-state index contributed by atoms with van der Waals surface area (Å²) in [4.78, 5) is 3.65. The van der Waals surface area contributed by atoms with Crippen molar-refractivity contribution in [2.75, 3.05) is 0 Å². The minimum absolute atomic E-state index is 0.0810. The maximum atomic E-state index is 11.7. The molecule has 0 saturated heterocycles. The van der Waals surface area contributed by atoms with Gasteiger partial charge >= 0.3 is 6.61 Å². The van der Waals surface area contributed by atoms with E-state index in [0.717, 1.165) is 5.56 Å². The predicted octanol–water partition coefficient (Wildman–Crippen LogP) is 2.75. The lowest BCUT2D eigenvalue weighted by Gasteiger charge is -2.03. The molecule has 12 heavy (non-hydrogen) atoms. The van der Waals surface area contributed by atoms with Crippen LogP contribution in [-0.2, 0) is 0 Å². The van der Waals surface area contributed by atoms with E-state index >= 15 is 0 Å². The fraction of sp³-hybridized carbons (Fsp3) is 0.286. The normalized spacial score (nSPS) is 10.4. The maximum absolute atomic E-state index is 11.7. The summed E-state index contributed by atoms with van der Waals surface area (Å²) in [5.74, 6) is -0.0810. The van der Waals surface area contributed by atoms with Gasteiger partial charge in [0.1, 0.15) is 0 Å². The second kappa shape index (κ2) is 3.80. The van der Waals surface area contributed by atoms with Crippen molar-refractivity contribution in [1.82, 2.24) is 4.98 Å². The first-order chi connectivity index (χ1) is 5.59. The third-order valence-electron chi connectivity index (χ3n) is 1.22. The van der Waals surface area contributed by atoms with Gasteiger partial charge in [-0.25, -0.2) is 4.98 Å². The molecule has 0 radical (unpaired) electrons. The quantitative estimate of drug-likeness (QED) is 0.790. The Labute approximate surface area is 76.7 Å². The Morgan fingerprint density at radius 3 is 2.75 bits per heavy atom. The molecule has 0 bridgehead atoms. The van der Waals surface area contributed by atoms with E-state index in [2.05, 4.69) is 25.7 Å². The molecule has 1 aromatic rings. The fourth-order valence-corrected chi connectivity index (χ4v) is 0.936. The molecule has 2 nitrogen and oxygen atoms in total. The molecule has 0 unspecified atom stereocenters. The summed E-state index contributed by atoms with van der Waals surface area (Å²) in [6.07, 6.45) is 1.46. The molecular formula is C7H6BrF2NO. The molecule has 1 heterocycles. The molecule has 0 atom stereocenters. The van der Waals surface area contributed by atoms with Gasteiger partial charge in [-0.15, -0.1) is 0 Å². The molecule has 0 spiro atoms. The van der Waals surface area contributed by atoms with Gasteiger partial charge in [-0.3, -0.25) is 0 Å². The van der Waals surface area contributed by atoms with E-state index in [1.807, 2.05) is 6.92 Å². The number of pyridine rings is 1. The number of hydrogen-bond acceptors (Lipinski definition) is 2. The van der Waals surface area contributed by atoms with E-state index in [-0.39, 0.29) is 5.88 Å². The fourth-order valence-electron chi connectivity index (χ4n) is 0.637. The lowest BCUT2D eigenvalue weighted by Crippen LogP contribution is -2.03. The van der Waals surface area contributed by atoms with Gasteiger partial charge in [-0.2, -0.15) is 8.78 Å². The van der Waals surface area contributed by atoms with Crippen LogP contribution < -0.4 is 4.74 Å². The molecule has 0 aromatic carbocycles. The van der Waals surface area contributed by atoms with Crippen molar-refractivity contribution in [3.8, 4) is 5.88 Å². The first-order valence-electron chi connectivity index (χ1n) is 3.16. The number of alkyl halides is 2. The molecule has 1 rings (SSSR count).